The van der Waals surface area contributed by atoms with Crippen LogP contribution in [0.2, 0.25) is 0 Å². The molecule has 0 saturated carbocycles. The molecule has 1 heterocycles. The summed E-state index contributed by atoms with van der Waals surface area (Å²) < 4.78 is 5.38. The summed E-state index contributed by atoms with van der Waals surface area (Å²) in [7, 11) is 0. The van der Waals surface area contributed by atoms with Crippen LogP contribution < -0.4 is 0 Å². The summed E-state index contributed by atoms with van der Waals surface area (Å²) in [5, 5.41) is 2.62. The largest absolute Gasteiger partial charge is 0.469 e. The van der Waals surface area contributed by atoms with E-state index < -0.39 is 0 Å². The first-order valence-corrected chi connectivity index (χ1v) is 7.31. The van der Waals surface area contributed by atoms with Gasteiger partial charge >= 0.3 is 0 Å². The van der Waals surface area contributed by atoms with Gasteiger partial charge in [0.1, 0.15) is 5.76 Å². The maximum Gasteiger partial charge on any atom is 0.101 e. The zero-order valence-electron chi connectivity index (χ0n) is 10.8. The highest BCUT2D eigenvalue weighted by molar-refractivity contribution is 9.09. The topological polar surface area (TPSA) is 13.1 Å². The average Bonchev–Trinajstić information content (AvgIpc) is 2.86. The molecular weight excluding hydrogens is 300 g/mol. The molecule has 0 aliphatic rings. The first-order chi connectivity index (χ1) is 9.24. The molecule has 0 amide bonds. The van der Waals surface area contributed by atoms with Crippen molar-refractivity contribution in [3.05, 3.63) is 71.7 Å². The van der Waals surface area contributed by atoms with Crippen LogP contribution in [0.1, 0.15) is 21.7 Å². The molecule has 3 rings (SSSR count). The molecule has 2 heteroatoms. The summed E-state index contributed by atoms with van der Waals surface area (Å²) in [6, 6.07) is 17.1. The van der Waals surface area contributed by atoms with Gasteiger partial charge in [0.2, 0.25) is 0 Å². The van der Waals surface area contributed by atoms with Gasteiger partial charge in [-0.25, -0.2) is 0 Å². The normalized spacial score (nSPS) is 12.7. The number of aryl methyl sites for hydroxylation is 1. The molecule has 3 aromatic rings. The van der Waals surface area contributed by atoms with Crippen molar-refractivity contribution in [2.24, 2.45) is 0 Å². The summed E-state index contributed by atoms with van der Waals surface area (Å²) in [6.45, 7) is 1.97. The Morgan fingerprint density at radius 2 is 1.89 bits per heavy atom. The van der Waals surface area contributed by atoms with Gasteiger partial charge in [-0.05, 0) is 35.7 Å². The number of furan rings is 1. The fraction of sp³-hybridized carbons (Fsp3) is 0.176. The second kappa shape index (κ2) is 5.22. The van der Waals surface area contributed by atoms with Gasteiger partial charge in [-0.3, -0.25) is 0 Å². The molecule has 1 nitrogen and oxygen atoms in total. The zero-order valence-corrected chi connectivity index (χ0v) is 12.4. The first kappa shape index (κ1) is 12.5. The maximum atomic E-state index is 5.38. The minimum absolute atomic E-state index is 0.288. The monoisotopic (exact) mass is 314 g/mol. The number of benzene rings is 2. The van der Waals surface area contributed by atoms with Crippen molar-refractivity contribution in [2.75, 3.05) is 0 Å². The Hall–Kier alpha value is -1.54. The van der Waals surface area contributed by atoms with Crippen LogP contribution in [0.3, 0.4) is 0 Å². The Kier molecular flexibility index (Phi) is 3.43. The summed E-state index contributed by atoms with van der Waals surface area (Å²) in [4.78, 5) is 0.288. The Morgan fingerprint density at radius 3 is 2.68 bits per heavy atom. The Bertz CT molecular complexity index is 694. The number of hydrogen-bond acceptors (Lipinski definition) is 1. The van der Waals surface area contributed by atoms with Crippen LogP contribution in [-0.2, 0) is 6.42 Å². The number of fused-ring (bicyclic) bond motifs is 1. The summed E-state index contributed by atoms with van der Waals surface area (Å²) >= 11 is 3.76. The molecule has 19 heavy (non-hydrogen) atoms. The lowest BCUT2D eigenvalue weighted by Crippen LogP contribution is -1.94. The SMILES string of the molecule is Cc1cc(C(Br)Cc2cccc3ccccc23)co1. The van der Waals surface area contributed by atoms with E-state index in [0.717, 1.165) is 12.2 Å². The van der Waals surface area contributed by atoms with Crippen LogP contribution in [0.5, 0.6) is 0 Å². The van der Waals surface area contributed by atoms with Gasteiger partial charge in [-0.1, -0.05) is 58.4 Å². The fourth-order valence-electron chi connectivity index (χ4n) is 2.41. The second-order valence-electron chi connectivity index (χ2n) is 4.80. The van der Waals surface area contributed by atoms with Gasteiger partial charge in [0.25, 0.3) is 0 Å². The van der Waals surface area contributed by atoms with Crippen molar-refractivity contribution in [3.8, 4) is 0 Å². The predicted molar refractivity (Wildman–Crippen MR) is 82.8 cm³/mol. The number of halogens is 1. The Morgan fingerprint density at radius 1 is 1.11 bits per heavy atom. The van der Waals surface area contributed by atoms with E-state index >= 15 is 0 Å². The van der Waals surface area contributed by atoms with Crippen LogP contribution in [0, 0.1) is 6.92 Å². The minimum Gasteiger partial charge on any atom is -0.469 e. The average molecular weight is 315 g/mol. The summed E-state index contributed by atoms with van der Waals surface area (Å²) in [5.74, 6) is 0.956. The molecule has 0 saturated heterocycles. The lowest BCUT2D eigenvalue weighted by molar-refractivity contribution is 0.531. The van der Waals surface area contributed by atoms with E-state index in [1.165, 1.54) is 21.9 Å². The number of alkyl halides is 1. The molecule has 0 aliphatic heterocycles. The van der Waals surface area contributed by atoms with E-state index in [0.29, 0.717) is 0 Å². The molecule has 0 radical (unpaired) electrons. The lowest BCUT2D eigenvalue weighted by Gasteiger charge is -2.10. The fourth-order valence-corrected chi connectivity index (χ4v) is 3.00. The third-order valence-electron chi connectivity index (χ3n) is 3.39. The van der Waals surface area contributed by atoms with Gasteiger partial charge in [-0.2, -0.15) is 0 Å². The molecule has 0 N–H and O–H groups in total. The van der Waals surface area contributed by atoms with E-state index in [2.05, 4.69) is 64.5 Å². The summed E-state index contributed by atoms with van der Waals surface area (Å²) in [5.41, 5.74) is 2.56. The van der Waals surface area contributed by atoms with Crippen molar-refractivity contribution in [1.82, 2.24) is 0 Å². The molecule has 1 unspecified atom stereocenters. The Balaban J connectivity index is 1.93. The molecule has 1 aromatic heterocycles. The van der Waals surface area contributed by atoms with Crippen LogP contribution in [-0.4, -0.2) is 0 Å². The smallest absolute Gasteiger partial charge is 0.101 e. The molecule has 0 spiro atoms. The van der Waals surface area contributed by atoms with Gasteiger partial charge in [-0.15, -0.1) is 0 Å². The molecule has 1 atom stereocenters. The number of hydrogen-bond donors (Lipinski definition) is 0. The van der Waals surface area contributed by atoms with Crippen LogP contribution >= 0.6 is 15.9 Å². The first-order valence-electron chi connectivity index (χ1n) is 6.40. The van der Waals surface area contributed by atoms with E-state index in [1.807, 2.05) is 13.2 Å². The van der Waals surface area contributed by atoms with Crippen LogP contribution in [0.25, 0.3) is 10.8 Å². The quantitative estimate of drug-likeness (QED) is 0.588. The van der Waals surface area contributed by atoms with Crippen molar-refractivity contribution in [2.45, 2.75) is 18.2 Å². The predicted octanol–water partition coefficient (Wildman–Crippen LogP) is 5.42. The minimum atomic E-state index is 0.288. The number of rotatable bonds is 3. The highest BCUT2D eigenvalue weighted by Gasteiger charge is 2.12. The third-order valence-corrected chi connectivity index (χ3v) is 4.24. The van der Waals surface area contributed by atoms with Crippen molar-refractivity contribution >= 4 is 26.7 Å². The van der Waals surface area contributed by atoms with E-state index in [4.69, 9.17) is 4.42 Å². The standard InChI is InChI=1S/C17H15BrO/c1-12-9-15(11-19-12)17(18)10-14-7-4-6-13-5-2-3-8-16(13)14/h2-9,11,17H,10H2,1H3. The molecule has 0 bridgehead atoms. The van der Waals surface area contributed by atoms with Gasteiger partial charge in [0.05, 0.1) is 6.26 Å². The molecular formula is C17H15BrO. The van der Waals surface area contributed by atoms with E-state index in [-0.39, 0.29) is 4.83 Å². The van der Waals surface area contributed by atoms with Crippen molar-refractivity contribution in [3.63, 3.8) is 0 Å². The lowest BCUT2D eigenvalue weighted by atomic mass is 9.99. The highest BCUT2D eigenvalue weighted by atomic mass is 79.9. The van der Waals surface area contributed by atoms with Gasteiger partial charge in [0, 0.05) is 10.4 Å². The van der Waals surface area contributed by atoms with Gasteiger partial charge < -0.3 is 4.42 Å². The van der Waals surface area contributed by atoms with Crippen LogP contribution in [0.4, 0.5) is 0 Å². The molecule has 0 aliphatic carbocycles. The van der Waals surface area contributed by atoms with E-state index in [1.54, 1.807) is 0 Å². The van der Waals surface area contributed by atoms with Crippen LogP contribution in [0.15, 0.2) is 59.2 Å². The molecule has 2 aromatic carbocycles. The molecule has 96 valence electrons. The third kappa shape index (κ3) is 2.59. The van der Waals surface area contributed by atoms with Crippen molar-refractivity contribution < 1.29 is 4.42 Å². The van der Waals surface area contributed by atoms with Crippen molar-refractivity contribution in [1.29, 1.82) is 0 Å². The molecule has 0 fully saturated rings. The highest BCUT2D eigenvalue weighted by Crippen LogP contribution is 2.31. The Labute approximate surface area is 121 Å². The second-order valence-corrected chi connectivity index (χ2v) is 5.91. The van der Waals surface area contributed by atoms with E-state index in [9.17, 15) is 0 Å². The van der Waals surface area contributed by atoms with Gasteiger partial charge in [0.15, 0.2) is 0 Å². The zero-order chi connectivity index (χ0) is 13.2. The maximum absolute atomic E-state index is 5.38. The summed E-state index contributed by atoms with van der Waals surface area (Å²) in [6.07, 6.45) is 2.79.